The molecule has 1 atom stereocenters. The zero-order valence-corrected chi connectivity index (χ0v) is 17.4. The van der Waals surface area contributed by atoms with Crippen molar-refractivity contribution in [1.29, 1.82) is 0 Å². The number of benzene rings is 1. The van der Waals surface area contributed by atoms with Crippen LogP contribution in [0.5, 0.6) is 5.88 Å². The van der Waals surface area contributed by atoms with Crippen LogP contribution >= 0.6 is 31.9 Å². The van der Waals surface area contributed by atoms with Gasteiger partial charge in [0, 0.05) is 23.6 Å². The predicted molar refractivity (Wildman–Crippen MR) is 106 cm³/mol. The molecule has 2 rings (SSSR count). The fourth-order valence-corrected chi connectivity index (χ4v) is 3.05. The van der Waals surface area contributed by atoms with Gasteiger partial charge in [-0.05, 0) is 48.8 Å². The molecule has 24 heavy (non-hydrogen) atoms. The van der Waals surface area contributed by atoms with Crippen LogP contribution in [0.3, 0.4) is 0 Å². The Morgan fingerprint density at radius 2 is 2.00 bits per heavy atom. The fourth-order valence-electron chi connectivity index (χ4n) is 2.04. The smallest absolute Gasteiger partial charge is 0.228 e. The van der Waals surface area contributed by atoms with Crippen molar-refractivity contribution >= 4 is 43.9 Å². The average molecular weight is 455 g/mol. The molecule has 0 bridgehead atoms. The van der Waals surface area contributed by atoms with Gasteiger partial charge in [0.15, 0.2) is 0 Å². The van der Waals surface area contributed by atoms with Crippen molar-refractivity contribution < 1.29 is 4.74 Å². The molecule has 128 valence electrons. The Kier molecular flexibility index (Phi) is 6.80. The second-order valence-electron chi connectivity index (χ2n) is 5.48. The molecular weight excluding hydrogens is 434 g/mol. The molecule has 0 fully saturated rings. The zero-order valence-electron chi connectivity index (χ0n) is 14.3. The van der Waals surface area contributed by atoms with Crippen LogP contribution in [0.2, 0.25) is 0 Å². The maximum Gasteiger partial charge on any atom is 0.228 e. The summed E-state index contributed by atoms with van der Waals surface area (Å²) in [6, 6.07) is 9.96. The lowest BCUT2D eigenvalue weighted by Gasteiger charge is -2.17. The maximum atomic E-state index is 6.04. The molecule has 0 aliphatic rings. The van der Waals surface area contributed by atoms with E-state index in [4.69, 9.17) is 4.74 Å². The largest absolute Gasteiger partial charge is 0.469 e. The average Bonchev–Trinajstić information content (AvgIpc) is 2.56. The highest BCUT2D eigenvalue weighted by atomic mass is 79.9. The summed E-state index contributed by atoms with van der Waals surface area (Å²) in [6.45, 7) is 6.92. The van der Waals surface area contributed by atoms with E-state index in [9.17, 15) is 0 Å². The summed E-state index contributed by atoms with van der Waals surface area (Å²) >= 11 is 7.10. The molecule has 1 heterocycles. The van der Waals surface area contributed by atoms with E-state index in [-0.39, 0.29) is 6.10 Å². The van der Waals surface area contributed by atoms with Gasteiger partial charge in [-0.3, -0.25) is 0 Å². The molecule has 0 radical (unpaired) electrons. The number of hydrogen-bond donors (Lipinski definition) is 0. The number of aliphatic imine (C=N–C) groups is 1. The third-order valence-electron chi connectivity index (χ3n) is 3.63. The van der Waals surface area contributed by atoms with Crippen molar-refractivity contribution in [2.45, 2.75) is 26.9 Å². The molecule has 1 aromatic carbocycles. The van der Waals surface area contributed by atoms with Gasteiger partial charge in [-0.1, -0.05) is 34.1 Å². The lowest BCUT2D eigenvalue weighted by atomic mass is 10.1. The van der Waals surface area contributed by atoms with Gasteiger partial charge in [0.25, 0.3) is 0 Å². The molecule has 0 N–H and O–H groups in total. The number of aryl methyl sites for hydroxylation is 1. The molecule has 0 aliphatic carbocycles. The fraction of sp³-hybridized carbons (Fsp3) is 0.333. The van der Waals surface area contributed by atoms with Gasteiger partial charge in [0.2, 0.25) is 5.88 Å². The summed E-state index contributed by atoms with van der Waals surface area (Å²) in [5.41, 5.74) is 2.73. The molecule has 0 amide bonds. The van der Waals surface area contributed by atoms with Gasteiger partial charge >= 0.3 is 0 Å². The van der Waals surface area contributed by atoms with Crippen molar-refractivity contribution in [1.82, 2.24) is 9.88 Å². The monoisotopic (exact) mass is 453 g/mol. The van der Waals surface area contributed by atoms with Gasteiger partial charge in [-0.15, -0.1) is 0 Å². The first-order chi connectivity index (χ1) is 11.4. The Morgan fingerprint density at radius 1 is 1.29 bits per heavy atom. The van der Waals surface area contributed by atoms with E-state index in [1.807, 2.05) is 56.1 Å². The van der Waals surface area contributed by atoms with Gasteiger partial charge in [0.1, 0.15) is 6.10 Å². The minimum absolute atomic E-state index is 0.121. The van der Waals surface area contributed by atoms with Crippen LogP contribution in [0.15, 0.2) is 44.3 Å². The molecular formula is C18H21Br2N3O. The number of pyridine rings is 1. The highest BCUT2D eigenvalue weighted by Gasteiger charge is 2.15. The third kappa shape index (κ3) is 4.80. The number of hydrogen-bond acceptors (Lipinski definition) is 3. The molecule has 0 spiro atoms. The summed E-state index contributed by atoms with van der Waals surface area (Å²) in [4.78, 5) is 11.0. The maximum absolute atomic E-state index is 6.04. The molecule has 0 aliphatic heterocycles. The van der Waals surface area contributed by atoms with Crippen molar-refractivity contribution in [3.05, 3.63) is 50.5 Å². The van der Waals surface area contributed by atoms with Gasteiger partial charge < -0.3 is 9.64 Å². The highest BCUT2D eigenvalue weighted by molar-refractivity contribution is 9.10. The first-order valence-electron chi connectivity index (χ1n) is 7.75. The van der Waals surface area contributed by atoms with Crippen LogP contribution in [-0.4, -0.2) is 29.8 Å². The van der Waals surface area contributed by atoms with Crippen LogP contribution in [0.4, 0.5) is 5.69 Å². The van der Waals surface area contributed by atoms with Gasteiger partial charge in [-0.25, -0.2) is 9.98 Å². The van der Waals surface area contributed by atoms with Crippen LogP contribution < -0.4 is 4.74 Å². The predicted octanol–water partition coefficient (Wildman–Crippen LogP) is 5.67. The van der Waals surface area contributed by atoms with Crippen LogP contribution in [0.25, 0.3) is 0 Å². The number of aromatic nitrogens is 1. The summed E-state index contributed by atoms with van der Waals surface area (Å²) in [5.74, 6) is 0.568. The Balaban J connectivity index is 2.22. The normalized spacial score (nSPS) is 12.4. The van der Waals surface area contributed by atoms with Gasteiger partial charge in [-0.2, -0.15) is 0 Å². The quantitative estimate of drug-likeness (QED) is 0.417. The van der Waals surface area contributed by atoms with E-state index in [0.717, 1.165) is 32.4 Å². The number of nitrogens with zero attached hydrogens (tertiary/aromatic N) is 3. The lowest BCUT2D eigenvalue weighted by molar-refractivity contribution is 0.215. The van der Waals surface area contributed by atoms with E-state index >= 15 is 0 Å². The Morgan fingerprint density at radius 3 is 2.67 bits per heavy atom. The zero-order chi connectivity index (χ0) is 17.7. The number of ether oxygens (including phenoxy) is 1. The van der Waals surface area contributed by atoms with Crippen LogP contribution in [-0.2, 0) is 0 Å². The number of halogens is 2. The van der Waals surface area contributed by atoms with Crippen molar-refractivity contribution in [3.8, 4) is 5.88 Å². The van der Waals surface area contributed by atoms with E-state index in [2.05, 4.69) is 48.8 Å². The molecule has 4 nitrogen and oxygen atoms in total. The summed E-state index contributed by atoms with van der Waals surface area (Å²) in [7, 11) is 1.98. The summed E-state index contributed by atoms with van der Waals surface area (Å²) < 4.78 is 7.86. The third-order valence-corrected chi connectivity index (χ3v) is 4.92. The second kappa shape index (κ2) is 8.62. The first kappa shape index (κ1) is 18.9. The van der Waals surface area contributed by atoms with E-state index in [1.54, 1.807) is 6.34 Å². The Hall–Kier alpha value is -1.40. The molecule has 0 saturated heterocycles. The van der Waals surface area contributed by atoms with E-state index in [0.29, 0.717) is 5.88 Å². The molecule has 1 unspecified atom stereocenters. The number of rotatable bonds is 6. The molecule has 0 saturated carbocycles. The molecule has 1 aromatic heterocycles. The SMILES string of the molecule is CCN(C)/C=N/c1cc(Br)c(OC(C)c2ccccc2Br)nc1C. The second-order valence-corrected chi connectivity index (χ2v) is 7.19. The Bertz CT molecular complexity index is 734. The minimum Gasteiger partial charge on any atom is -0.469 e. The highest BCUT2D eigenvalue weighted by Crippen LogP contribution is 2.33. The van der Waals surface area contributed by atoms with Crippen LogP contribution in [0.1, 0.15) is 31.2 Å². The van der Waals surface area contributed by atoms with Crippen molar-refractivity contribution in [2.75, 3.05) is 13.6 Å². The summed E-state index contributed by atoms with van der Waals surface area (Å²) in [5, 5.41) is 0. The first-order valence-corrected chi connectivity index (χ1v) is 9.33. The van der Waals surface area contributed by atoms with Gasteiger partial charge in [0.05, 0.1) is 22.2 Å². The lowest BCUT2D eigenvalue weighted by Crippen LogP contribution is -2.14. The van der Waals surface area contributed by atoms with E-state index in [1.165, 1.54) is 0 Å². The van der Waals surface area contributed by atoms with Crippen LogP contribution in [0, 0.1) is 6.92 Å². The van der Waals surface area contributed by atoms with Crippen molar-refractivity contribution in [2.24, 2.45) is 4.99 Å². The molecule has 2 aromatic rings. The Labute approximate surface area is 160 Å². The minimum atomic E-state index is -0.121. The summed E-state index contributed by atoms with van der Waals surface area (Å²) in [6.07, 6.45) is 1.69. The van der Waals surface area contributed by atoms with Crippen molar-refractivity contribution in [3.63, 3.8) is 0 Å². The topological polar surface area (TPSA) is 37.7 Å². The molecule has 6 heteroatoms. The van der Waals surface area contributed by atoms with E-state index < -0.39 is 0 Å². The standard InChI is InChI=1S/C18H21Br2N3O/c1-5-23(4)11-21-17-10-16(20)18(22-12(17)2)24-13(3)14-8-6-7-9-15(14)19/h6-11,13H,5H2,1-4H3/b21-11+.